The van der Waals surface area contributed by atoms with Gasteiger partial charge in [-0.05, 0) is 95.5 Å². The van der Waals surface area contributed by atoms with Crippen molar-refractivity contribution in [3.63, 3.8) is 0 Å². The van der Waals surface area contributed by atoms with Crippen LogP contribution >= 0.6 is 0 Å². The van der Waals surface area contributed by atoms with Gasteiger partial charge in [0.05, 0.1) is 24.6 Å². The summed E-state index contributed by atoms with van der Waals surface area (Å²) in [6.07, 6.45) is 9.55. The Hall–Kier alpha value is -6.04. The molecule has 8 aromatic rings. The fraction of sp³-hybridized carbons (Fsp3) is 0.355. The lowest BCUT2D eigenvalue weighted by molar-refractivity contribution is 0.121. The lowest BCUT2D eigenvalue weighted by atomic mass is 9.87. The van der Waals surface area contributed by atoms with E-state index in [1.165, 1.54) is 129 Å². The Bertz CT molecular complexity index is 2540. The number of aryl methyl sites for hydroxylation is 2. The fourth-order valence-electron chi connectivity index (χ4n) is 10.4. The van der Waals surface area contributed by atoms with E-state index in [0.717, 1.165) is 26.2 Å². The maximum absolute atomic E-state index is 7.40. The molecule has 6 aromatic carbocycles. The number of rotatable bonds is 24. The Morgan fingerprint density at radius 3 is 1.07 bits per heavy atom. The van der Waals surface area contributed by atoms with Crippen LogP contribution in [0.15, 0.2) is 158 Å². The molecule has 0 amide bonds. The van der Waals surface area contributed by atoms with Crippen molar-refractivity contribution in [3.05, 3.63) is 180 Å². The van der Waals surface area contributed by atoms with Gasteiger partial charge in [0.25, 0.3) is 0 Å². The van der Waals surface area contributed by atoms with Crippen LogP contribution in [0.4, 0.5) is 11.4 Å². The first-order chi connectivity index (χ1) is 33.0. The van der Waals surface area contributed by atoms with Crippen LogP contribution in [-0.4, -0.2) is 48.5 Å². The molecule has 67 heavy (non-hydrogen) atoms. The van der Waals surface area contributed by atoms with Crippen LogP contribution in [0.5, 0.6) is 0 Å². The summed E-state index contributed by atoms with van der Waals surface area (Å²) in [5.74, 6) is -0.0465. The van der Waals surface area contributed by atoms with Crippen molar-refractivity contribution in [1.29, 1.82) is 0 Å². The van der Waals surface area contributed by atoms with Gasteiger partial charge < -0.3 is 23.7 Å². The van der Waals surface area contributed by atoms with Crippen LogP contribution < -0.4 is 9.80 Å². The molecule has 0 radical (unpaired) electrons. The summed E-state index contributed by atoms with van der Waals surface area (Å²) in [4.78, 5) is 5.18. The van der Waals surface area contributed by atoms with E-state index in [4.69, 9.17) is 4.74 Å². The van der Waals surface area contributed by atoms with E-state index in [-0.39, 0.29) is 11.8 Å². The van der Waals surface area contributed by atoms with Crippen molar-refractivity contribution in [3.8, 4) is 22.5 Å². The summed E-state index contributed by atoms with van der Waals surface area (Å²) in [6.45, 7) is 14.6. The van der Waals surface area contributed by atoms with Crippen LogP contribution in [-0.2, 0) is 18.8 Å². The molecule has 8 rings (SSSR count). The van der Waals surface area contributed by atoms with E-state index >= 15 is 0 Å². The van der Waals surface area contributed by atoms with Gasteiger partial charge in [0.15, 0.2) is 0 Å². The van der Waals surface area contributed by atoms with Crippen LogP contribution in [0.2, 0.25) is 0 Å². The maximum Gasteiger partial charge on any atom is 0.0576 e. The quantitative estimate of drug-likeness (QED) is 0.0604. The second-order valence-corrected chi connectivity index (χ2v) is 18.6. The third kappa shape index (κ3) is 10.6. The Kier molecular flexibility index (Phi) is 16.4. The molecule has 2 heterocycles. The SMILES string of the molecule is CCCCN(CCCC)c1ccc(C(COCC(c2ccc(N(CCCC)CCCC)cc2)c2c(-c3ccccc3)n(C)c3ccccc23)c2c(-c3ccccc3)n(C)c3ccccc23)cc1. The minimum atomic E-state index is -0.0232. The molecule has 0 spiro atoms. The molecule has 0 aliphatic rings. The Balaban J connectivity index is 1.24. The van der Waals surface area contributed by atoms with Crippen LogP contribution in [0.25, 0.3) is 44.3 Å². The number of benzene rings is 6. The van der Waals surface area contributed by atoms with Gasteiger partial charge in [0.2, 0.25) is 0 Å². The number of fused-ring (bicyclic) bond motifs is 2. The van der Waals surface area contributed by atoms with Gasteiger partial charge >= 0.3 is 0 Å². The molecule has 0 fully saturated rings. The molecule has 0 bridgehead atoms. The van der Waals surface area contributed by atoms with E-state index < -0.39 is 0 Å². The molecular weight excluding hydrogens is 817 g/mol. The molecule has 0 aliphatic heterocycles. The lowest BCUT2D eigenvalue weighted by Crippen LogP contribution is -2.25. The first-order valence-corrected chi connectivity index (χ1v) is 25.5. The Morgan fingerprint density at radius 2 is 0.731 bits per heavy atom. The molecular formula is C62H74N4O. The first-order valence-electron chi connectivity index (χ1n) is 25.5. The van der Waals surface area contributed by atoms with E-state index in [1.54, 1.807) is 0 Å². The number of aromatic nitrogens is 2. The molecule has 2 unspecified atom stereocenters. The summed E-state index contributed by atoms with van der Waals surface area (Å²) in [6, 6.07) is 58.8. The zero-order valence-electron chi connectivity index (χ0n) is 41.3. The second-order valence-electron chi connectivity index (χ2n) is 18.6. The van der Waals surface area contributed by atoms with E-state index in [1.807, 2.05) is 0 Å². The van der Waals surface area contributed by atoms with Gasteiger partial charge in [-0.2, -0.15) is 0 Å². The lowest BCUT2D eigenvalue weighted by Gasteiger charge is -2.27. The summed E-state index contributed by atoms with van der Waals surface area (Å²) in [5.41, 5.74) is 15.2. The number of hydrogen-bond acceptors (Lipinski definition) is 3. The smallest absolute Gasteiger partial charge is 0.0576 e. The van der Waals surface area contributed by atoms with Crippen LogP contribution in [0.3, 0.4) is 0 Å². The normalized spacial score (nSPS) is 12.5. The standard InChI is InChI=1S/C62H74N4O/c1-7-11-41-65(42-12-8-2)51-37-33-47(34-38-51)55(59-53-29-21-23-31-57(53)63(5)61(59)49-25-17-15-18-26-49)45-67-46-56(48-35-39-52(40-36-48)66(43-13-9-3)44-14-10-4)60-54-30-22-24-32-58(54)64(6)62(60)50-27-19-16-20-28-50/h15-40,55-56H,7-14,41-46H2,1-6H3. The number of ether oxygens (including phenoxy) is 1. The van der Waals surface area contributed by atoms with Gasteiger partial charge in [-0.25, -0.2) is 0 Å². The number of anilines is 2. The Labute approximate surface area is 402 Å². The highest BCUT2D eigenvalue weighted by Gasteiger charge is 2.29. The predicted octanol–water partition coefficient (Wildman–Crippen LogP) is 15.8. The van der Waals surface area contributed by atoms with Crippen molar-refractivity contribution < 1.29 is 4.74 Å². The number of para-hydroxylation sites is 2. The highest BCUT2D eigenvalue weighted by molar-refractivity contribution is 5.94. The van der Waals surface area contributed by atoms with E-state index in [2.05, 4.69) is 218 Å². The molecule has 2 atom stereocenters. The summed E-state index contributed by atoms with van der Waals surface area (Å²) >= 11 is 0. The van der Waals surface area contributed by atoms with Crippen LogP contribution in [0, 0.1) is 0 Å². The fourth-order valence-corrected chi connectivity index (χ4v) is 10.4. The zero-order chi connectivity index (χ0) is 46.5. The van der Waals surface area contributed by atoms with Crippen molar-refractivity contribution in [2.45, 2.75) is 90.9 Å². The highest BCUT2D eigenvalue weighted by atomic mass is 16.5. The minimum Gasteiger partial charge on any atom is -0.379 e. The van der Waals surface area contributed by atoms with Gasteiger partial charge in [-0.1, -0.05) is 175 Å². The molecule has 0 aliphatic carbocycles. The highest BCUT2D eigenvalue weighted by Crippen LogP contribution is 2.44. The van der Waals surface area contributed by atoms with Gasteiger partial charge in [-0.15, -0.1) is 0 Å². The van der Waals surface area contributed by atoms with Crippen molar-refractivity contribution >= 4 is 33.2 Å². The topological polar surface area (TPSA) is 25.6 Å². The second kappa shape index (κ2) is 23.1. The summed E-state index contributed by atoms with van der Waals surface area (Å²) in [5, 5.41) is 2.55. The van der Waals surface area contributed by atoms with Gasteiger partial charge in [-0.3, -0.25) is 0 Å². The maximum atomic E-state index is 7.40. The minimum absolute atomic E-state index is 0.0232. The van der Waals surface area contributed by atoms with Gasteiger partial charge in [0, 0.05) is 85.3 Å². The van der Waals surface area contributed by atoms with Crippen molar-refractivity contribution in [2.75, 3.05) is 49.2 Å². The molecule has 5 nitrogen and oxygen atoms in total. The molecule has 0 saturated carbocycles. The molecule has 0 N–H and O–H groups in total. The monoisotopic (exact) mass is 891 g/mol. The zero-order valence-corrected chi connectivity index (χ0v) is 41.3. The van der Waals surface area contributed by atoms with E-state index in [9.17, 15) is 0 Å². The van der Waals surface area contributed by atoms with Crippen LogP contribution in [0.1, 0.15) is 113 Å². The number of hydrogen-bond donors (Lipinski definition) is 0. The Morgan fingerprint density at radius 1 is 0.403 bits per heavy atom. The summed E-state index contributed by atoms with van der Waals surface area (Å²) < 4.78 is 12.2. The number of nitrogens with zero attached hydrogens (tertiary/aromatic N) is 4. The summed E-state index contributed by atoms with van der Waals surface area (Å²) in [7, 11) is 4.46. The van der Waals surface area contributed by atoms with E-state index in [0.29, 0.717) is 13.2 Å². The largest absolute Gasteiger partial charge is 0.379 e. The predicted molar refractivity (Wildman–Crippen MR) is 288 cm³/mol. The average Bonchev–Trinajstić information content (AvgIpc) is 3.84. The molecule has 0 saturated heterocycles. The number of unbranched alkanes of at least 4 members (excludes halogenated alkanes) is 4. The van der Waals surface area contributed by atoms with Gasteiger partial charge in [0.1, 0.15) is 0 Å². The average molecular weight is 891 g/mol. The third-order valence-electron chi connectivity index (χ3n) is 14.1. The van der Waals surface area contributed by atoms with Crippen molar-refractivity contribution in [1.82, 2.24) is 9.13 Å². The third-order valence-corrected chi connectivity index (χ3v) is 14.1. The van der Waals surface area contributed by atoms with Crippen molar-refractivity contribution in [2.24, 2.45) is 14.1 Å². The molecule has 348 valence electrons. The molecule has 5 heteroatoms. The molecule has 2 aromatic heterocycles. The first kappa shape index (κ1) is 47.5.